The third kappa shape index (κ3) is 1.99. The van der Waals surface area contributed by atoms with Gasteiger partial charge in [0.2, 0.25) is 5.95 Å². The number of nitrogens with zero attached hydrogens (tertiary/aromatic N) is 4. The largest absolute Gasteiger partial charge is 0.368 e. The molecule has 5 nitrogen and oxygen atoms in total. The Hall–Kier alpha value is -1.21. The zero-order valence-corrected chi connectivity index (χ0v) is 8.97. The van der Waals surface area contributed by atoms with Gasteiger partial charge in [0.1, 0.15) is 10.5 Å². The van der Waals surface area contributed by atoms with Crippen molar-refractivity contribution in [3.8, 4) is 0 Å². The van der Waals surface area contributed by atoms with Gasteiger partial charge in [-0.1, -0.05) is 11.3 Å². The van der Waals surface area contributed by atoms with E-state index in [-0.39, 0.29) is 5.95 Å². The molecule has 0 radical (unpaired) electrons. The van der Waals surface area contributed by atoms with Crippen molar-refractivity contribution in [3.05, 3.63) is 17.3 Å². The number of anilines is 1. The normalized spacial score (nSPS) is 10.4. The molecule has 0 saturated heterocycles. The van der Waals surface area contributed by atoms with Crippen molar-refractivity contribution in [3.63, 3.8) is 0 Å². The Bertz CT molecular complexity index is 428. The molecule has 2 aromatic heterocycles. The quantitative estimate of drug-likeness (QED) is 0.778. The van der Waals surface area contributed by atoms with Gasteiger partial charge in [-0.25, -0.2) is 9.97 Å². The predicted molar refractivity (Wildman–Crippen MR) is 55.2 cm³/mol. The maximum absolute atomic E-state index is 5.49. The van der Waals surface area contributed by atoms with Gasteiger partial charge in [0.25, 0.3) is 0 Å². The Morgan fingerprint density at radius 1 is 1.50 bits per heavy atom. The molecule has 7 heteroatoms. The lowest BCUT2D eigenvalue weighted by Crippen LogP contribution is -1.96. The van der Waals surface area contributed by atoms with Crippen LogP contribution < -0.4 is 5.73 Å². The molecule has 0 spiro atoms. The fourth-order valence-electron chi connectivity index (χ4n) is 0.833. The minimum Gasteiger partial charge on any atom is -0.368 e. The van der Waals surface area contributed by atoms with E-state index in [1.807, 2.05) is 6.92 Å². The van der Waals surface area contributed by atoms with Gasteiger partial charge in [0.15, 0.2) is 4.34 Å². The van der Waals surface area contributed by atoms with Crippen molar-refractivity contribution in [2.45, 2.75) is 16.3 Å². The summed E-state index contributed by atoms with van der Waals surface area (Å²) >= 11 is 2.92. The lowest BCUT2D eigenvalue weighted by molar-refractivity contribution is 0.990. The molecule has 14 heavy (non-hydrogen) atoms. The average molecular weight is 225 g/mol. The van der Waals surface area contributed by atoms with Gasteiger partial charge in [0, 0.05) is 11.8 Å². The van der Waals surface area contributed by atoms with Gasteiger partial charge in [-0.15, -0.1) is 10.2 Å². The highest BCUT2D eigenvalue weighted by Crippen LogP contribution is 2.29. The van der Waals surface area contributed by atoms with Gasteiger partial charge in [-0.3, -0.25) is 0 Å². The van der Waals surface area contributed by atoms with E-state index in [9.17, 15) is 0 Å². The molecule has 2 heterocycles. The summed E-state index contributed by atoms with van der Waals surface area (Å²) in [6, 6.07) is 0. The van der Waals surface area contributed by atoms with Crippen molar-refractivity contribution in [2.75, 3.05) is 5.73 Å². The average Bonchev–Trinajstić information content (AvgIpc) is 2.64. The molecule has 0 saturated carbocycles. The van der Waals surface area contributed by atoms with E-state index in [0.717, 1.165) is 14.9 Å². The second-order valence-corrected chi connectivity index (χ2v) is 4.59. The minimum atomic E-state index is 0.280. The molecule has 0 atom stereocenters. The van der Waals surface area contributed by atoms with Crippen LogP contribution in [-0.2, 0) is 0 Å². The molecule has 0 aliphatic rings. The van der Waals surface area contributed by atoms with Gasteiger partial charge in [-0.2, -0.15) is 0 Å². The highest BCUT2D eigenvalue weighted by molar-refractivity contribution is 8.01. The van der Waals surface area contributed by atoms with Crippen molar-refractivity contribution >= 4 is 29.0 Å². The Kier molecular flexibility index (Phi) is 2.60. The van der Waals surface area contributed by atoms with Crippen LogP contribution in [0.1, 0.15) is 5.56 Å². The van der Waals surface area contributed by atoms with Crippen LogP contribution in [0.4, 0.5) is 5.95 Å². The Morgan fingerprint density at radius 3 is 3.07 bits per heavy atom. The smallest absolute Gasteiger partial charge is 0.221 e. The van der Waals surface area contributed by atoms with Crippen LogP contribution in [0, 0.1) is 6.92 Å². The molecule has 0 unspecified atom stereocenters. The second-order valence-electron chi connectivity index (χ2n) is 2.52. The number of aromatic nitrogens is 4. The third-order valence-corrected chi connectivity index (χ3v) is 3.35. The molecular weight excluding hydrogens is 218 g/mol. The molecule has 0 amide bonds. The van der Waals surface area contributed by atoms with Crippen molar-refractivity contribution in [2.24, 2.45) is 0 Å². The first-order valence-corrected chi connectivity index (χ1v) is 5.48. The first-order chi connectivity index (χ1) is 6.75. The highest BCUT2D eigenvalue weighted by atomic mass is 32.2. The van der Waals surface area contributed by atoms with E-state index in [1.165, 1.54) is 23.1 Å². The van der Waals surface area contributed by atoms with Crippen LogP contribution in [0.15, 0.2) is 21.1 Å². The summed E-state index contributed by atoms with van der Waals surface area (Å²) in [6.07, 6.45) is 1.70. The van der Waals surface area contributed by atoms with Gasteiger partial charge < -0.3 is 5.73 Å². The number of hydrogen-bond donors (Lipinski definition) is 1. The van der Waals surface area contributed by atoms with E-state index in [4.69, 9.17) is 5.73 Å². The molecule has 0 aromatic carbocycles. The monoisotopic (exact) mass is 225 g/mol. The first-order valence-electron chi connectivity index (χ1n) is 3.79. The molecule has 2 aromatic rings. The van der Waals surface area contributed by atoms with Crippen LogP contribution in [0.5, 0.6) is 0 Å². The van der Waals surface area contributed by atoms with E-state index >= 15 is 0 Å². The molecule has 2 rings (SSSR count). The summed E-state index contributed by atoms with van der Waals surface area (Å²) in [4.78, 5) is 8.01. The molecule has 0 bridgehead atoms. The molecule has 72 valence electrons. The number of hydrogen-bond acceptors (Lipinski definition) is 7. The third-order valence-electron chi connectivity index (χ3n) is 1.47. The fourth-order valence-corrected chi connectivity index (χ4v) is 2.28. The number of aryl methyl sites for hydroxylation is 1. The number of nitrogens with two attached hydrogens (primary N) is 1. The number of nitrogen functional groups attached to an aromatic ring is 1. The molecule has 0 aliphatic carbocycles. The van der Waals surface area contributed by atoms with E-state index in [1.54, 1.807) is 11.7 Å². The predicted octanol–water partition coefficient (Wildman–Crippen LogP) is 1.37. The molecule has 0 aliphatic heterocycles. The van der Waals surface area contributed by atoms with Crippen molar-refractivity contribution in [1.29, 1.82) is 0 Å². The Balaban J connectivity index is 2.28. The van der Waals surface area contributed by atoms with Gasteiger partial charge >= 0.3 is 0 Å². The minimum absolute atomic E-state index is 0.280. The summed E-state index contributed by atoms with van der Waals surface area (Å²) in [5.74, 6) is 0.280. The van der Waals surface area contributed by atoms with Crippen molar-refractivity contribution in [1.82, 2.24) is 20.2 Å². The summed E-state index contributed by atoms with van der Waals surface area (Å²) in [5.41, 5.74) is 8.16. The highest BCUT2D eigenvalue weighted by Gasteiger charge is 2.06. The summed E-state index contributed by atoms with van der Waals surface area (Å²) in [6.45, 7) is 1.93. The topological polar surface area (TPSA) is 77.6 Å². The van der Waals surface area contributed by atoms with Gasteiger partial charge in [0.05, 0.1) is 0 Å². The fraction of sp³-hybridized carbons (Fsp3) is 0.143. The van der Waals surface area contributed by atoms with Crippen molar-refractivity contribution < 1.29 is 0 Å². The zero-order valence-electron chi connectivity index (χ0n) is 7.34. The SMILES string of the molecule is Cc1cnc(N)nc1Sc1nncs1. The van der Waals surface area contributed by atoms with Crippen LogP contribution in [0.25, 0.3) is 0 Å². The van der Waals surface area contributed by atoms with Crippen LogP contribution in [0.3, 0.4) is 0 Å². The maximum Gasteiger partial charge on any atom is 0.221 e. The Morgan fingerprint density at radius 2 is 2.36 bits per heavy atom. The maximum atomic E-state index is 5.49. The lowest BCUT2D eigenvalue weighted by atomic mass is 10.4. The standard InChI is InChI=1S/C7H7N5S2/c1-4-2-9-6(8)11-5(4)14-7-12-10-3-13-7/h2-3H,1H3,(H2,8,9,11). The zero-order chi connectivity index (χ0) is 9.97. The van der Waals surface area contributed by atoms with Crippen LogP contribution in [-0.4, -0.2) is 20.2 Å². The first kappa shape index (κ1) is 9.35. The summed E-state index contributed by atoms with van der Waals surface area (Å²) in [7, 11) is 0. The Labute approximate surface area is 88.8 Å². The molecule has 2 N–H and O–H groups in total. The molecular formula is C7H7N5S2. The summed E-state index contributed by atoms with van der Waals surface area (Å²) < 4.78 is 0.853. The second kappa shape index (κ2) is 3.89. The lowest BCUT2D eigenvalue weighted by Gasteiger charge is -2.00. The van der Waals surface area contributed by atoms with E-state index in [2.05, 4.69) is 20.2 Å². The van der Waals surface area contributed by atoms with Gasteiger partial charge in [-0.05, 0) is 18.7 Å². The summed E-state index contributed by atoms with van der Waals surface area (Å²) in [5, 5.41) is 8.48. The number of rotatable bonds is 2. The van der Waals surface area contributed by atoms with Crippen LogP contribution >= 0.6 is 23.1 Å². The van der Waals surface area contributed by atoms with E-state index < -0.39 is 0 Å². The van der Waals surface area contributed by atoms with Crippen LogP contribution in [0.2, 0.25) is 0 Å². The molecule has 0 fully saturated rings. The van der Waals surface area contributed by atoms with E-state index in [0.29, 0.717) is 0 Å².